The molecule has 12 aromatic rings. The van der Waals surface area contributed by atoms with Gasteiger partial charge >= 0.3 is 0 Å². The standard InChI is InChI=1S/C61H38N2O3/c1-3-17-39(18-4-1)62(53-27-15-23-46-44-21-7-11-29-55(44)65-59(46)53)41-34-36-49-48(37-41)43-35-33-42(38-52(43)61(49)50-25-9-13-31-57(50)64-58-32-14-10-26-51(58)61)63(40-19-5-2-6-20-40)54-28-16-24-47-45-22-8-12-30-56(45)66-60(47)54/h1-38H. The van der Waals surface area contributed by atoms with Crippen molar-refractivity contribution in [3.05, 3.63) is 253 Å². The second-order valence-corrected chi connectivity index (χ2v) is 17.2. The van der Waals surface area contributed by atoms with E-state index in [-0.39, 0.29) is 0 Å². The zero-order valence-electron chi connectivity index (χ0n) is 35.6. The third-order valence-corrected chi connectivity index (χ3v) is 13.7. The molecule has 5 nitrogen and oxygen atoms in total. The van der Waals surface area contributed by atoms with Gasteiger partial charge in [-0.2, -0.15) is 0 Å². The average molecular weight is 847 g/mol. The van der Waals surface area contributed by atoms with Gasteiger partial charge < -0.3 is 23.4 Å². The van der Waals surface area contributed by atoms with Crippen molar-refractivity contribution in [3.63, 3.8) is 0 Å². The van der Waals surface area contributed by atoms with Crippen LogP contribution in [-0.2, 0) is 5.41 Å². The van der Waals surface area contributed by atoms with Crippen LogP contribution >= 0.6 is 0 Å². The molecule has 14 rings (SSSR count). The zero-order chi connectivity index (χ0) is 43.3. The Hall–Kier alpha value is -8.80. The predicted molar refractivity (Wildman–Crippen MR) is 268 cm³/mol. The van der Waals surface area contributed by atoms with E-state index in [4.69, 9.17) is 13.6 Å². The SMILES string of the molecule is c1ccc(N(c2ccc3c(c2)-c2ccc(N(c4ccccc4)c4cccc5c4oc4ccccc45)cc2C32c3ccccc3Oc3ccccc32)c2cccc3c2oc2ccccc23)cc1. The first-order valence-electron chi connectivity index (χ1n) is 22.4. The van der Waals surface area contributed by atoms with Crippen molar-refractivity contribution in [2.45, 2.75) is 5.41 Å². The minimum Gasteiger partial charge on any atom is -0.457 e. The van der Waals surface area contributed by atoms with Gasteiger partial charge in [-0.1, -0.05) is 146 Å². The highest BCUT2D eigenvalue weighted by atomic mass is 16.5. The highest BCUT2D eigenvalue weighted by Gasteiger charge is 2.51. The van der Waals surface area contributed by atoms with E-state index in [1.54, 1.807) is 0 Å². The number of anilines is 6. The highest BCUT2D eigenvalue weighted by molar-refractivity contribution is 6.12. The van der Waals surface area contributed by atoms with Crippen molar-refractivity contribution in [3.8, 4) is 22.6 Å². The molecular weight excluding hydrogens is 809 g/mol. The van der Waals surface area contributed by atoms with Crippen LogP contribution in [0.4, 0.5) is 34.1 Å². The van der Waals surface area contributed by atoms with E-state index in [0.29, 0.717) is 0 Å². The minimum absolute atomic E-state index is 0.714. The van der Waals surface area contributed by atoms with Crippen LogP contribution in [0.15, 0.2) is 239 Å². The van der Waals surface area contributed by atoms with Gasteiger partial charge in [0.2, 0.25) is 0 Å². The first-order chi connectivity index (χ1) is 32.7. The van der Waals surface area contributed by atoms with Gasteiger partial charge in [-0.05, 0) is 107 Å². The summed E-state index contributed by atoms with van der Waals surface area (Å²) >= 11 is 0. The topological polar surface area (TPSA) is 42.0 Å². The van der Waals surface area contributed by atoms with E-state index >= 15 is 0 Å². The number of furan rings is 2. The summed E-state index contributed by atoms with van der Waals surface area (Å²) in [6, 6.07) is 81.8. The molecule has 5 heteroatoms. The van der Waals surface area contributed by atoms with Crippen LogP contribution in [-0.4, -0.2) is 0 Å². The summed E-state index contributed by atoms with van der Waals surface area (Å²) in [5, 5.41) is 4.35. The molecule has 0 amide bonds. The van der Waals surface area contributed by atoms with Gasteiger partial charge in [0.1, 0.15) is 22.7 Å². The fourth-order valence-electron chi connectivity index (χ4n) is 11.0. The lowest BCUT2D eigenvalue weighted by Crippen LogP contribution is -2.32. The second-order valence-electron chi connectivity index (χ2n) is 17.2. The average Bonchev–Trinajstić information content (AvgIpc) is 4.04. The molecule has 3 heterocycles. The van der Waals surface area contributed by atoms with Crippen molar-refractivity contribution in [2.24, 2.45) is 0 Å². The van der Waals surface area contributed by atoms with Gasteiger partial charge in [-0.25, -0.2) is 0 Å². The highest BCUT2D eigenvalue weighted by Crippen LogP contribution is 2.63. The number of hydrogen-bond acceptors (Lipinski definition) is 5. The maximum Gasteiger partial charge on any atom is 0.159 e. The third kappa shape index (κ3) is 5.16. The summed E-state index contributed by atoms with van der Waals surface area (Å²) in [7, 11) is 0. The number of rotatable bonds is 6. The quantitative estimate of drug-likeness (QED) is 0.167. The molecule has 0 N–H and O–H groups in total. The molecule has 310 valence electrons. The molecule has 0 saturated heterocycles. The molecule has 0 unspecified atom stereocenters. The summed E-state index contributed by atoms with van der Waals surface area (Å²) in [5.74, 6) is 1.69. The summed E-state index contributed by atoms with van der Waals surface area (Å²) in [4.78, 5) is 4.68. The molecule has 1 aliphatic heterocycles. The molecule has 10 aromatic carbocycles. The van der Waals surface area contributed by atoms with E-state index in [9.17, 15) is 0 Å². The first kappa shape index (κ1) is 36.7. The van der Waals surface area contributed by atoms with Gasteiger partial charge in [0.05, 0.1) is 16.8 Å². The molecule has 66 heavy (non-hydrogen) atoms. The normalized spacial score (nSPS) is 13.1. The van der Waals surface area contributed by atoms with Crippen LogP contribution in [0.5, 0.6) is 11.5 Å². The maximum absolute atomic E-state index is 6.79. The Bertz CT molecular complexity index is 3840. The molecule has 0 bridgehead atoms. The summed E-state index contributed by atoms with van der Waals surface area (Å²) < 4.78 is 20.2. The van der Waals surface area contributed by atoms with E-state index < -0.39 is 5.41 Å². The Morgan fingerprint density at radius 3 is 1.35 bits per heavy atom. The van der Waals surface area contributed by atoms with Crippen LogP contribution < -0.4 is 14.5 Å². The molecule has 0 atom stereocenters. The van der Waals surface area contributed by atoms with Gasteiger partial charge in [-0.15, -0.1) is 0 Å². The molecule has 0 saturated carbocycles. The van der Waals surface area contributed by atoms with Crippen LogP contribution in [0.3, 0.4) is 0 Å². The molecule has 1 spiro atoms. The fraction of sp³-hybridized carbons (Fsp3) is 0.0164. The van der Waals surface area contributed by atoms with Gasteiger partial charge in [0.15, 0.2) is 11.2 Å². The first-order valence-corrected chi connectivity index (χ1v) is 22.4. The third-order valence-electron chi connectivity index (χ3n) is 13.7. The molecule has 2 aromatic heterocycles. The monoisotopic (exact) mass is 846 g/mol. The van der Waals surface area contributed by atoms with Crippen LogP contribution in [0.2, 0.25) is 0 Å². The summed E-state index contributed by atoms with van der Waals surface area (Å²) in [5.41, 5.74) is 15.6. The fourth-order valence-corrected chi connectivity index (χ4v) is 11.0. The Kier molecular flexibility index (Phi) is 7.83. The Balaban J connectivity index is 1.05. The lowest BCUT2D eigenvalue weighted by Gasteiger charge is -2.39. The molecule has 0 fully saturated rings. The smallest absolute Gasteiger partial charge is 0.159 e. The molecular formula is C61H38N2O3. The van der Waals surface area contributed by atoms with E-state index in [2.05, 4.69) is 216 Å². The van der Waals surface area contributed by atoms with Gasteiger partial charge in [-0.3, -0.25) is 0 Å². The number of para-hydroxylation sites is 8. The van der Waals surface area contributed by atoms with Crippen molar-refractivity contribution in [1.82, 2.24) is 0 Å². The van der Waals surface area contributed by atoms with E-state index in [1.165, 1.54) is 11.1 Å². The van der Waals surface area contributed by atoms with E-state index in [1.807, 2.05) is 24.3 Å². The van der Waals surface area contributed by atoms with Crippen LogP contribution in [0, 0.1) is 0 Å². The number of benzene rings is 10. The maximum atomic E-state index is 6.79. The molecule has 1 aliphatic carbocycles. The number of fused-ring (bicyclic) bond motifs is 15. The lowest BCUT2D eigenvalue weighted by atomic mass is 9.66. The summed E-state index contributed by atoms with van der Waals surface area (Å²) in [6.07, 6.45) is 0. The second kappa shape index (κ2) is 14.1. The minimum atomic E-state index is -0.714. The lowest BCUT2D eigenvalue weighted by molar-refractivity contribution is 0.436. The van der Waals surface area contributed by atoms with Gasteiger partial charge in [0.25, 0.3) is 0 Å². The molecule has 2 aliphatic rings. The van der Waals surface area contributed by atoms with Crippen molar-refractivity contribution in [2.75, 3.05) is 9.80 Å². The van der Waals surface area contributed by atoms with Crippen molar-refractivity contribution in [1.29, 1.82) is 0 Å². The predicted octanol–water partition coefficient (Wildman–Crippen LogP) is 16.9. The van der Waals surface area contributed by atoms with Crippen molar-refractivity contribution >= 4 is 78.0 Å². The van der Waals surface area contributed by atoms with E-state index in [0.717, 1.165) is 112 Å². The Labute approximate surface area is 380 Å². The van der Waals surface area contributed by atoms with Gasteiger partial charge in [0, 0.05) is 55.4 Å². The Morgan fingerprint density at radius 2 is 0.773 bits per heavy atom. The number of ether oxygens (including phenoxy) is 1. The number of hydrogen-bond donors (Lipinski definition) is 0. The van der Waals surface area contributed by atoms with Crippen LogP contribution in [0.25, 0.3) is 55.0 Å². The largest absolute Gasteiger partial charge is 0.457 e. The van der Waals surface area contributed by atoms with Crippen LogP contribution in [0.1, 0.15) is 22.3 Å². The number of nitrogens with zero attached hydrogens (tertiary/aromatic N) is 2. The van der Waals surface area contributed by atoms with Crippen molar-refractivity contribution < 1.29 is 13.6 Å². The summed E-state index contributed by atoms with van der Waals surface area (Å²) in [6.45, 7) is 0. The molecule has 0 radical (unpaired) electrons. The zero-order valence-corrected chi connectivity index (χ0v) is 35.6. The Morgan fingerprint density at radius 1 is 0.303 bits per heavy atom.